The van der Waals surface area contributed by atoms with Crippen LogP contribution in [0, 0.1) is 0 Å². The summed E-state index contributed by atoms with van der Waals surface area (Å²) in [4.78, 5) is 20.3. The van der Waals surface area contributed by atoms with Crippen LogP contribution in [0.4, 0.5) is 0 Å². The lowest BCUT2D eigenvalue weighted by molar-refractivity contribution is 0.0898. The molecule has 0 bridgehead atoms. The highest BCUT2D eigenvalue weighted by Crippen LogP contribution is 2.38. The lowest BCUT2D eigenvalue weighted by atomic mass is 9.87. The topological polar surface area (TPSA) is 38.2 Å². The van der Waals surface area contributed by atoms with Gasteiger partial charge in [0.2, 0.25) is 0 Å². The molecule has 1 aromatic heterocycles. The maximum absolute atomic E-state index is 5.26. The number of aliphatic imine (C=N–C) groups is 1. The number of piperidine rings is 1. The van der Waals surface area contributed by atoms with E-state index in [0.29, 0.717) is 24.0 Å². The lowest BCUT2D eigenvalue weighted by Gasteiger charge is -2.43. The number of piperazine rings is 1. The Bertz CT molecular complexity index is 926. The van der Waals surface area contributed by atoms with Gasteiger partial charge in [0.25, 0.3) is 0 Å². The number of likely N-dealkylation sites (tertiary alicyclic amines) is 1. The summed E-state index contributed by atoms with van der Waals surface area (Å²) in [5.41, 5.74) is 2.67. The summed E-state index contributed by atoms with van der Waals surface area (Å²) in [7, 11) is 2.31. The Kier molecular flexibility index (Phi) is 6.57. The van der Waals surface area contributed by atoms with Crippen LogP contribution in [0.5, 0.6) is 0 Å². The number of hydrogen-bond acceptors (Lipinski definition) is 6. The molecule has 4 aliphatic rings. The standard InChI is InChI=1S/C27H40N6/c1-5-31-15-17-32(18-16-31)26-13-7-12-25-29-22(19-33(25)26)23-10-6-11-24(30(23)4)27-21(20(2)3)9-8-14-28-27/h7-9,12-14,20,22-24H,5-6,10-11,15-19H2,1-4H3/t22?,23-,24+/m1/s1. The molecule has 1 unspecified atom stereocenters. The van der Waals surface area contributed by atoms with Gasteiger partial charge in [-0.3, -0.25) is 14.9 Å². The van der Waals surface area contributed by atoms with Crippen molar-refractivity contribution in [2.75, 3.05) is 46.3 Å². The van der Waals surface area contributed by atoms with Gasteiger partial charge in [0.1, 0.15) is 11.7 Å². The molecule has 1 aromatic rings. The van der Waals surface area contributed by atoms with Crippen molar-refractivity contribution in [2.45, 2.75) is 64.1 Å². The molecule has 0 saturated carbocycles. The Hall–Kier alpha value is -2.18. The Morgan fingerprint density at radius 3 is 2.70 bits per heavy atom. The highest BCUT2D eigenvalue weighted by atomic mass is 15.4. The monoisotopic (exact) mass is 448 g/mol. The summed E-state index contributed by atoms with van der Waals surface area (Å²) in [5, 5.41) is 0. The molecule has 5 rings (SSSR count). The van der Waals surface area contributed by atoms with Gasteiger partial charge in [-0.25, -0.2) is 0 Å². The van der Waals surface area contributed by atoms with Crippen LogP contribution in [-0.4, -0.2) is 88.8 Å². The third-order valence-electron chi connectivity index (χ3n) is 8.10. The zero-order valence-electron chi connectivity index (χ0n) is 20.8. The predicted molar refractivity (Wildman–Crippen MR) is 135 cm³/mol. The molecule has 3 atom stereocenters. The molecule has 6 heteroatoms. The smallest absolute Gasteiger partial charge is 0.129 e. The van der Waals surface area contributed by atoms with E-state index in [1.54, 1.807) is 0 Å². The Morgan fingerprint density at radius 1 is 1.12 bits per heavy atom. The summed E-state index contributed by atoms with van der Waals surface area (Å²) < 4.78 is 0. The van der Waals surface area contributed by atoms with E-state index in [1.807, 2.05) is 6.20 Å². The Morgan fingerprint density at radius 2 is 1.94 bits per heavy atom. The molecule has 0 radical (unpaired) electrons. The zero-order valence-corrected chi connectivity index (χ0v) is 20.8. The summed E-state index contributed by atoms with van der Waals surface area (Å²) in [6.45, 7) is 13.5. The number of rotatable bonds is 5. The third kappa shape index (κ3) is 4.35. The second-order valence-corrected chi connectivity index (χ2v) is 10.3. The van der Waals surface area contributed by atoms with Crippen molar-refractivity contribution in [3.63, 3.8) is 0 Å². The van der Waals surface area contributed by atoms with Gasteiger partial charge in [0.15, 0.2) is 0 Å². The van der Waals surface area contributed by atoms with Crippen LogP contribution in [0.25, 0.3) is 0 Å². The first-order valence-corrected chi connectivity index (χ1v) is 12.9. The second kappa shape index (κ2) is 9.59. The van der Waals surface area contributed by atoms with Crippen molar-refractivity contribution >= 4 is 5.84 Å². The van der Waals surface area contributed by atoms with Gasteiger partial charge in [-0.1, -0.05) is 32.9 Å². The first-order valence-electron chi connectivity index (χ1n) is 12.9. The second-order valence-electron chi connectivity index (χ2n) is 10.3. The largest absolute Gasteiger partial charge is 0.355 e. The highest BCUT2D eigenvalue weighted by molar-refractivity contribution is 5.97. The van der Waals surface area contributed by atoms with Gasteiger partial charge in [-0.05, 0) is 62.6 Å². The SMILES string of the molecule is CCN1CCN(C2=CC=CC3=NC([C@H]4CCC[C@@H](c5ncccc5C(C)C)N4C)CN23)CC1. The average molecular weight is 449 g/mol. The summed E-state index contributed by atoms with van der Waals surface area (Å²) in [6.07, 6.45) is 12.3. The summed E-state index contributed by atoms with van der Waals surface area (Å²) >= 11 is 0. The number of fused-ring (bicyclic) bond motifs is 1. The molecule has 0 N–H and O–H groups in total. The fourth-order valence-corrected chi connectivity index (χ4v) is 6.14. The minimum Gasteiger partial charge on any atom is -0.355 e. The maximum atomic E-state index is 5.26. The molecule has 6 nitrogen and oxygen atoms in total. The van der Waals surface area contributed by atoms with E-state index in [1.165, 1.54) is 36.3 Å². The highest BCUT2D eigenvalue weighted by Gasteiger charge is 2.40. The van der Waals surface area contributed by atoms with Crippen molar-refractivity contribution < 1.29 is 0 Å². The quantitative estimate of drug-likeness (QED) is 0.684. The molecule has 0 aliphatic carbocycles. The summed E-state index contributed by atoms with van der Waals surface area (Å²) in [5.74, 6) is 2.98. The van der Waals surface area contributed by atoms with E-state index in [2.05, 4.69) is 77.8 Å². The molecule has 33 heavy (non-hydrogen) atoms. The average Bonchev–Trinajstić information content (AvgIpc) is 3.28. The number of aromatic nitrogens is 1. The van der Waals surface area contributed by atoms with Crippen molar-refractivity contribution in [1.29, 1.82) is 0 Å². The van der Waals surface area contributed by atoms with Crippen molar-refractivity contribution in [3.8, 4) is 0 Å². The molecule has 4 aliphatic heterocycles. The molecule has 178 valence electrons. The molecule has 0 amide bonds. The minimum atomic E-state index is 0.307. The van der Waals surface area contributed by atoms with E-state index in [-0.39, 0.29) is 0 Å². The molecule has 2 fully saturated rings. The maximum Gasteiger partial charge on any atom is 0.129 e. The van der Waals surface area contributed by atoms with Crippen LogP contribution in [-0.2, 0) is 0 Å². The number of pyridine rings is 1. The van der Waals surface area contributed by atoms with Crippen molar-refractivity contribution in [1.82, 2.24) is 24.6 Å². The van der Waals surface area contributed by atoms with Crippen LogP contribution >= 0.6 is 0 Å². The van der Waals surface area contributed by atoms with E-state index < -0.39 is 0 Å². The fraction of sp³-hybridized carbons (Fsp3) is 0.630. The number of nitrogens with zero attached hydrogens (tertiary/aromatic N) is 6. The molecule has 0 spiro atoms. The van der Waals surface area contributed by atoms with E-state index >= 15 is 0 Å². The van der Waals surface area contributed by atoms with Gasteiger partial charge in [0.05, 0.1) is 17.8 Å². The number of amidine groups is 1. The number of hydrogen-bond donors (Lipinski definition) is 0. The van der Waals surface area contributed by atoms with Gasteiger partial charge in [-0.2, -0.15) is 0 Å². The summed E-state index contributed by atoms with van der Waals surface area (Å²) in [6, 6.07) is 5.49. The van der Waals surface area contributed by atoms with Crippen LogP contribution in [0.1, 0.15) is 63.3 Å². The Labute approximate surface area is 199 Å². The molecule has 0 aromatic carbocycles. The third-order valence-corrected chi connectivity index (χ3v) is 8.10. The van der Waals surface area contributed by atoms with Crippen LogP contribution in [0.15, 0.2) is 47.4 Å². The van der Waals surface area contributed by atoms with E-state index in [9.17, 15) is 0 Å². The zero-order chi connectivity index (χ0) is 22.9. The van der Waals surface area contributed by atoms with Gasteiger partial charge in [0, 0.05) is 45.0 Å². The number of allylic oxidation sites excluding steroid dienone is 2. The van der Waals surface area contributed by atoms with Crippen molar-refractivity contribution in [3.05, 3.63) is 53.6 Å². The number of likely N-dealkylation sites (N-methyl/N-ethyl adjacent to an activating group) is 2. The Balaban J connectivity index is 1.32. The lowest BCUT2D eigenvalue weighted by Crippen LogP contribution is -2.51. The van der Waals surface area contributed by atoms with E-state index in [4.69, 9.17) is 9.98 Å². The molecule has 5 heterocycles. The van der Waals surface area contributed by atoms with Crippen molar-refractivity contribution in [2.24, 2.45) is 4.99 Å². The minimum absolute atomic E-state index is 0.307. The molecule has 2 saturated heterocycles. The predicted octanol–water partition coefficient (Wildman–Crippen LogP) is 3.86. The van der Waals surface area contributed by atoms with Gasteiger partial charge >= 0.3 is 0 Å². The molecular formula is C27H40N6. The van der Waals surface area contributed by atoms with Gasteiger partial charge < -0.3 is 14.7 Å². The fourth-order valence-electron chi connectivity index (χ4n) is 6.14. The van der Waals surface area contributed by atoms with Gasteiger partial charge in [-0.15, -0.1) is 0 Å². The van der Waals surface area contributed by atoms with Crippen LogP contribution in [0.2, 0.25) is 0 Å². The first kappa shape index (κ1) is 22.6. The van der Waals surface area contributed by atoms with E-state index in [0.717, 1.165) is 45.1 Å². The first-order chi connectivity index (χ1) is 16.1. The van der Waals surface area contributed by atoms with Crippen LogP contribution < -0.4 is 0 Å². The van der Waals surface area contributed by atoms with Crippen LogP contribution in [0.3, 0.4) is 0 Å². The normalized spacial score (nSPS) is 28.8. The molecular weight excluding hydrogens is 408 g/mol.